The van der Waals surface area contributed by atoms with E-state index in [2.05, 4.69) is 9.97 Å². The Bertz CT molecular complexity index is 646. The molecule has 0 atom stereocenters. The summed E-state index contributed by atoms with van der Waals surface area (Å²) in [6.45, 7) is 0. The Morgan fingerprint density at radius 3 is 2.60 bits per heavy atom. The quantitative estimate of drug-likeness (QED) is 0.694. The van der Waals surface area contributed by atoms with Gasteiger partial charge in [0.05, 0.1) is 11.9 Å². The lowest BCUT2D eigenvalue weighted by Crippen LogP contribution is -2.12. The standard InChI is InChI=1S/C12H9F3N2O2S/c13-12(14,15)11-16-8-4-2-1-3-7(8)10(17-11)20-6-5-9(18)19/h1-4H,5-6H2,(H,18,19). The maximum absolute atomic E-state index is 12.7. The number of para-hydroxylation sites is 1. The molecule has 20 heavy (non-hydrogen) atoms. The lowest BCUT2D eigenvalue weighted by Gasteiger charge is -2.09. The molecule has 0 aliphatic rings. The van der Waals surface area contributed by atoms with Crippen molar-refractivity contribution in [1.82, 2.24) is 9.97 Å². The van der Waals surface area contributed by atoms with Gasteiger partial charge < -0.3 is 5.11 Å². The number of hydrogen-bond donors (Lipinski definition) is 1. The van der Waals surface area contributed by atoms with Crippen molar-refractivity contribution in [1.29, 1.82) is 0 Å². The molecule has 2 rings (SSSR count). The van der Waals surface area contributed by atoms with Crippen LogP contribution in [-0.2, 0) is 11.0 Å². The van der Waals surface area contributed by atoms with Gasteiger partial charge in [0.25, 0.3) is 0 Å². The summed E-state index contributed by atoms with van der Waals surface area (Å²) in [5, 5.41) is 9.19. The third-order valence-corrected chi connectivity index (χ3v) is 3.37. The van der Waals surface area contributed by atoms with Crippen molar-refractivity contribution in [2.24, 2.45) is 0 Å². The molecular weight excluding hydrogens is 293 g/mol. The van der Waals surface area contributed by atoms with Crippen molar-refractivity contribution in [2.45, 2.75) is 17.6 Å². The summed E-state index contributed by atoms with van der Waals surface area (Å²) >= 11 is 0.977. The van der Waals surface area contributed by atoms with Gasteiger partial charge in [0.15, 0.2) is 0 Å². The van der Waals surface area contributed by atoms with Crippen LogP contribution >= 0.6 is 11.8 Å². The van der Waals surface area contributed by atoms with Crippen molar-refractivity contribution in [3.8, 4) is 0 Å². The van der Waals surface area contributed by atoms with Gasteiger partial charge in [0.1, 0.15) is 5.03 Å². The highest BCUT2D eigenvalue weighted by Gasteiger charge is 2.35. The van der Waals surface area contributed by atoms with Crippen LogP contribution in [0.4, 0.5) is 13.2 Å². The fraction of sp³-hybridized carbons (Fsp3) is 0.250. The molecule has 0 saturated heterocycles. The third-order valence-electron chi connectivity index (χ3n) is 2.38. The first-order valence-corrected chi connectivity index (χ1v) is 6.55. The van der Waals surface area contributed by atoms with Gasteiger partial charge in [0, 0.05) is 11.1 Å². The van der Waals surface area contributed by atoms with Crippen molar-refractivity contribution < 1.29 is 23.1 Å². The second kappa shape index (κ2) is 5.66. The molecule has 0 amide bonds. The number of alkyl halides is 3. The minimum atomic E-state index is -4.63. The van der Waals surface area contributed by atoms with Gasteiger partial charge in [-0.2, -0.15) is 13.2 Å². The normalized spacial score (nSPS) is 11.8. The molecule has 0 bridgehead atoms. The highest BCUT2D eigenvalue weighted by Crippen LogP contribution is 2.32. The van der Waals surface area contributed by atoms with Crippen LogP contribution in [0.2, 0.25) is 0 Å². The fourth-order valence-electron chi connectivity index (χ4n) is 1.52. The Kier molecular flexibility index (Phi) is 4.12. The van der Waals surface area contributed by atoms with Gasteiger partial charge in [0.2, 0.25) is 5.82 Å². The molecule has 8 heteroatoms. The summed E-state index contributed by atoms with van der Waals surface area (Å²) in [5.74, 6) is -2.07. The number of carboxylic acid groups (broad SMARTS) is 1. The second-order valence-electron chi connectivity index (χ2n) is 3.86. The number of rotatable bonds is 4. The summed E-state index contributed by atoms with van der Waals surface area (Å²) in [7, 11) is 0. The van der Waals surface area contributed by atoms with E-state index in [0.717, 1.165) is 11.8 Å². The van der Waals surface area contributed by atoms with E-state index < -0.39 is 18.0 Å². The van der Waals surface area contributed by atoms with E-state index in [4.69, 9.17) is 5.11 Å². The smallest absolute Gasteiger partial charge is 0.451 e. The molecule has 0 unspecified atom stereocenters. The zero-order chi connectivity index (χ0) is 14.8. The minimum absolute atomic E-state index is 0.143. The number of aromatic nitrogens is 2. The molecule has 0 aliphatic carbocycles. The van der Waals surface area contributed by atoms with Gasteiger partial charge in [-0.05, 0) is 6.07 Å². The number of hydrogen-bond acceptors (Lipinski definition) is 4. The number of carboxylic acids is 1. The number of thioether (sulfide) groups is 1. The zero-order valence-corrected chi connectivity index (χ0v) is 10.8. The maximum Gasteiger partial charge on any atom is 0.451 e. The van der Waals surface area contributed by atoms with E-state index in [0.29, 0.717) is 5.39 Å². The van der Waals surface area contributed by atoms with E-state index in [1.54, 1.807) is 18.2 Å². The van der Waals surface area contributed by atoms with E-state index in [9.17, 15) is 18.0 Å². The maximum atomic E-state index is 12.7. The van der Waals surface area contributed by atoms with Crippen molar-refractivity contribution in [3.05, 3.63) is 30.1 Å². The largest absolute Gasteiger partial charge is 0.481 e. The van der Waals surface area contributed by atoms with E-state index in [1.807, 2.05) is 0 Å². The fourth-order valence-corrected chi connectivity index (χ4v) is 2.47. The van der Waals surface area contributed by atoms with E-state index in [1.165, 1.54) is 6.07 Å². The predicted octanol–water partition coefficient (Wildman–Crippen LogP) is 3.22. The van der Waals surface area contributed by atoms with Crippen LogP contribution in [0.1, 0.15) is 12.2 Å². The highest BCUT2D eigenvalue weighted by molar-refractivity contribution is 7.99. The molecule has 0 fully saturated rings. The Labute approximate surface area is 116 Å². The van der Waals surface area contributed by atoms with Crippen LogP contribution < -0.4 is 0 Å². The molecule has 0 radical (unpaired) electrons. The van der Waals surface area contributed by atoms with Crippen molar-refractivity contribution in [3.63, 3.8) is 0 Å². The lowest BCUT2D eigenvalue weighted by atomic mass is 10.2. The Balaban J connectivity index is 2.41. The molecule has 1 aromatic heterocycles. The molecule has 0 spiro atoms. The van der Waals surface area contributed by atoms with Crippen molar-refractivity contribution >= 4 is 28.6 Å². The number of carbonyl (C=O) groups is 1. The topological polar surface area (TPSA) is 63.1 Å². The van der Waals surface area contributed by atoms with Crippen LogP contribution in [0.3, 0.4) is 0 Å². The van der Waals surface area contributed by atoms with Crippen LogP contribution in [0.25, 0.3) is 10.9 Å². The van der Waals surface area contributed by atoms with Crippen LogP contribution in [0.5, 0.6) is 0 Å². The Hall–Kier alpha value is -1.83. The molecule has 106 valence electrons. The monoisotopic (exact) mass is 302 g/mol. The summed E-state index contributed by atoms with van der Waals surface area (Å²) < 4.78 is 38.2. The Morgan fingerprint density at radius 1 is 1.25 bits per heavy atom. The van der Waals surface area contributed by atoms with E-state index >= 15 is 0 Å². The summed E-state index contributed by atoms with van der Waals surface area (Å²) in [5.41, 5.74) is 0.188. The highest BCUT2D eigenvalue weighted by atomic mass is 32.2. The summed E-state index contributed by atoms with van der Waals surface area (Å²) in [6.07, 6.45) is -4.78. The van der Waals surface area contributed by atoms with Gasteiger partial charge >= 0.3 is 12.1 Å². The number of fused-ring (bicyclic) bond motifs is 1. The van der Waals surface area contributed by atoms with Gasteiger partial charge in [-0.3, -0.25) is 4.79 Å². The minimum Gasteiger partial charge on any atom is -0.481 e. The van der Waals surface area contributed by atoms with Crippen LogP contribution in [-0.4, -0.2) is 26.8 Å². The molecule has 0 saturated carbocycles. The number of aliphatic carboxylic acids is 1. The molecule has 0 aliphatic heterocycles. The molecule has 1 N–H and O–H groups in total. The molecule has 4 nitrogen and oxygen atoms in total. The van der Waals surface area contributed by atoms with Crippen LogP contribution in [0.15, 0.2) is 29.3 Å². The zero-order valence-electron chi connectivity index (χ0n) is 10.0. The SMILES string of the molecule is O=C(O)CCSc1nc(C(F)(F)F)nc2ccccc12. The van der Waals surface area contributed by atoms with Crippen LogP contribution in [0, 0.1) is 0 Å². The Morgan fingerprint density at radius 2 is 1.95 bits per heavy atom. The first kappa shape index (κ1) is 14.6. The third kappa shape index (κ3) is 3.38. The van der Waals surface area contributed by atoms with Gasteiger partial charge in [-0.1, -0.05) is 18.2 Å². The number of benzene rings is 1. The number of halogens is 3. The average molecular weight is 302 g/mol. The van der Waals surface area contributed by atoms with E-state index in [-0.39, 0.29) is 22.7 Å². The molecular formula is C12H9F3N2O2S. The first-order chi connectivity index (χ1) is 9.38. The number of nitrogens with zero attached hydrogens (tertiary/aromatic N) is 2. The predicted molar refractivity (Wildman–Crippen MR) is 67.5 cm³/mol. The first-order valence-electron chi connectivity index (χ1n) is 5.56. The summed E-state index contributed by atoms with van der Waals surface area (Å²) in [6, 6.07) is 6.33. The van der Waals surface area contributed by atoms with Crippen molar-refractivity contribution in [2.75, 3.05) is 5.75 Å². The molecule has 1 aromatic carbocycles. The second-order valence-corrected chi connectivity index (χ2v) is 4.94. The van der Waals surface area contributed by atoms with Gasteiger partial charge in [-0.15, -0.1) is 11.8 Å². The molecule has 2 aromatic rings. The lowest BCUT2D eigenvalue weighted by molar-refractivity contribution is -0.145. The van der Waals surface area contributed by atoms with Gasteiger partial charge in [-0.25, -0.2) is 9.97 Å². The summed E-state index contributed by atoms with van der Waals surface area (Å²) in [4.78, 5) is 17.4. The average Bonchev–Trinajstić information content (AvgIpc) is 2.37. The molecule has 1 heterocycles.